The van der Waals surface area contributed by atoms with Crippen molar-refractivity contribution in [2.75, 3.05) is 0 Å². The van der Waals surface area contributed by atoms with E-state index in [0.717, 1.165) is 0 Å². The quantitative estimate of drug-likeness (QED) is 0.503. The molecule has 0 aliphatic carbocycles. The summed E-state index contributed by atoms with van der Waals surface area (Å²) >= 11 is 0. The summed E-state index contributed by atoms with van der Waals surface area (Å²) in [4.78, 5) is 11.1. The lowest BCUT2D eigenvalue weighted by Crippen LogP contribution is -2.35. The smallest absolute Gasteiger partial charge is 0.0981 e. The molecule has 0 spiro atoms. The van der Waals surface area contributed by atoms with Gasteiger partial charge in [0, 0.05) is 0 Å². The van der Waals surface area contributed by atoms with Crippen molar-refractivity contribution < 1.29 is 20.0 Å². The van der Waals surface area contributed by atoms with Gasteiger partial charge >= 0.3 is 0 Å². The van der Waals surface area contributed by atoms with E-state index in [-0.39, 0.29) is 0 Å². The lowest BCUT2D eigenvalue weighted by Gasteiger charge is -2.33. The van der Waals surface area contributed by atoms with Gasteiger partial charge in [-0.1, -0.05) is 0 Å². The SMILES string of the molecule is CC(C)(O)CCC(C)(C)OOC(C)(C)CCC(C)(C)O. The average Bonchev–Trinajstić information content (AvgIpc) is 2.20. The van der Waals surface area contributed by atoms with Crippen LogP contribution in [-0.4, -0.2) is 32.6 Å². The Labute approximate surface area is 124 Å². The first-order valence-electron chi connectivity index (χ1n) is 7.44. The summed E-state index contributed by atoms with van der Waals surface area (Å²) in [5.74, 6) is 0. The lowest BCUT2D eigenvalue weighted by atomic mass is 9.94. The second kappa shape index (κ2) is 6.73. The zero-order valence-corrected chi connectivity index (χ0v) is 14.5. The number of hydrogen-bond acceptors (Lipinski definition) is 4. The molecule has 0 aliphatic heterocycles. The van der Waals surface area contributed by atoms with Gasteiger partial charge in [-0.05, 0) is 81.1 Å². The van der Waals surface area contributed by atoms with E-state index in [1.54, 1.807) is 27.7 Å². The van der Waals surface area contributed by atoms with E-state index in [4.69, 9.17) is 9.78 Å². The number of rotatable bonds is 9. The van der Waals surface area contributed by atoms with E-state index in [2.05, 4.69) is 0 Å². The van der Waals surface area contributed by atoms with Crippen molar-refractivity contribution in [1.82, 2.24) is 0 Å². The van der Waals surface area contributed by atoms with Gasteiger partial charge in [0.05, 0.1) is 22.4 Å². The van der Waals surface area contributed by atoms with Crippen LogP contribution >= 0.6 is 0 Å². The molecule has 0 fully saturated rings. The molecule has 0 amide bonds. The van der Waals surface area contributed by atoms with Crippen molar-refractivity contribution in [2.45, 2.75) is 103 Å². The maximum absolute atomic E-state index is 9.76. The molecule has 0 aromatic carbocycles. The van der Waals surface area contributed by atoms with Crippen LogP contribution in [0.2, 0.25) is 0 Å². The van der Waals surface area contributed by atoms with Crippen LogP contribution in [0.5, 0.6) is 0 Å². The van der Waals surface area contributed by atoms with Crippen LogP contribution in [0.15, 0.2) is 0 Å². The predicted molar refractivity (Wildman–Crippen MR) is 81.4 cm³/mol. The van der Waals surface area contributed by atoms with Gasteiger partial charge in [-0.2, -0.15) is 0 Å². The Kier molecular flexibility index (Phi) is 6.68. The van der Waals surface area contributed by atoms with Crippen molar-refractivity contribution in [2.24, 2.45) is 0 Å². The Morgan fingerprint density at radius 3 is 1.00 bits per heavy atom. The Balaban J connectivity index is 4.23. The highest BCUT2D eigenvalue weighted by atomic mass is 17.2. The molecule has 0 aromatic rings. The summed E-state index contributed by atoms with van der Waals surface area (Å²) in [5, 5.41) is 19.5. The van der Waals surface area contributed by atoms with Crippen LogP contribution < -0.4 is 0 Å². The van der Waals surface area contributed by atoms with E-state index in [1.165, 1.54) is 0 Å². The zero-order chi connectivity index (χ0) is 16.2. The van der Waals surface area contributed by atoms with E-state index in [0.29, 0.717) is 25.7 Å². The minimum atomic E-state index is -0.697. The standard InChI is InChI=1S/C16H34O4/c1-13(2,17)9-11-15(5,6)19-20-16(7,8)12-10-14(3,4)18/h17-18H,9-12H2,1-8H3. The van der Waals surface area contributed by atoms with E-state index >= 15 is 0 Å². The molecule has 0 aliphatic rings. The molecule has 2 N–H and O–H groups in total. The van der Waals surface area contributed by atoms with E-state index in [9.17, 15) is 10.2 Å². The highest BCUT2D eigenvalue weighted by molar-refractivity contribution is 4.76. The fraction of sp³-hybridized carbons (Fsp3) is 1.00. The van der Waals surface area contributed by atoms with E-state index < -0.39 is 22.4 Å². The molecular formula is C16H34O4. The summed E-state index contributed by atoms with van der Waals surface area (Å²) in [7, 11) is 0. The molecule has 4 heteroatoms. The Hall–Kier alpha value is -0.160. The van der Waals surface area contributed by atoms with Gasteiger partial charge in [0.25, 0.3) is 0 Å². The van der Waals surface area contributed by atoms with Crippen molar-refractivity contribution in [3.05, 3.63) is 0 Å². The third kappa shape index (κ3) is 11.6. The highest BCUT2D eigenvalue weighted by Crippen LogP contribution is 2.27. The van der Waals surface area contributed by atoms with Gasteiger partial charge in [-0.15, -0.1) is 0 Å². The average molecular weight is 290 g/mol. The molecule has 0 saturated heterocycles. The normalized spacial score (nSPS) is 14.7. The van der Waals surface area contributed by atoms with Gasteiger partial charge in [0.1, 0.15) is 0 Å². The molecule has 0 atom stereocenters. The molecule has 0 rings (SSSR count). The molecule has 0 radical (unpaired) electrons. The molecular weight excluding hydrogens is 256 g/mol. The zero-order valence-electron chi connectivity index (χ0n) is 14.5. The molecule has 0 bridgehead atoms. The lowest BCUT2D eigenvalue weighted by molar-refractivity contribution is -0.404. The van der Waals surface area contributed by atoms with Crippen LogP contribution in [0, 0.1) is 0 Å². The predicted octanol–water partition coefficient (Wildman–Crippen LogP) is 3.59. The maximum Gasteiger partial charge on any atom is 0.0981 e. The molecule has 0 aromatic heterocycles. The van der Waals surface area contributed by atoms with Crippen LogP contribution in [0.3, 0.4) is 0 Å². The topological polar surface area (TPSA) is 58.9 Å². The van der Waals surface area contributed by atoms with Crippen LogP contribution in [0.25, 0.3) is 0 Å². The fourth-order valence-electron chi connectivity index (χ4n) is 1.52. The molecule has 20 heavy (non-hydrogen) atoms. The summed E-state index contributed by atoms with van der Waals surface area (Å²) in [5.41, 5.74) is -2.30. The van der Waals surface area contributed by atoms with Crippen LogP contribution in [-0.2, 0) is 9.78 Å². The summed E-state index contributed by atoms with van der Waals surface area (Å²) in [6.45, 7) is 15.0. The third-order valence-corrected chi connectivity index (χ3v) is 3.17. The minimum Gasteiger partial charge on any atom is -0.390 e. The van der Waals surface area contributed by atoms with Crippen molar-refractivity contribution in [3.8, 4) is 0 Å². The maximum atomic E-state index is 9.76. The first kappa shape index (κ1) is 19.8. The first-order valence-corrected chi connectivity index (χ1v) is 7.44. The van der Waals surface area contributed by atoms with E-state index in [1.807, 2.05) is 27.7 Å². The summed E-state index contributed by atoms with van der Waals surface area (Å²) in [6.07, 6.45) is 2.71. The number of hydrogen-bond donors (Lipinski definition) is 2. The highest BCUT2D eigenvalue weighted by Gasteiger charge is 2.29. The molecule has 0 heterocycles. The van der Waals surface area contributed by atoms with Gasteiger partial charge < -0.3 is 10.2 Å². The molecule has 0 saturated carbocycles. The van der Waals surface area contributed by atoms with Gasteiger partial charge in [0.15, 0.2) is 0 Å². The first-order chi connectivity index (χ1) is 8.62. The fourth-order valence-corrected chi connectivity index (χ4v) is 1.52. The molecule has 122 valence electrons. The Morgan fingerprint density at radius 1 is 0.550 bits per heavy atom. The summed E-state index contributed by atoms with van der Waals surface area (Å²) in [6, 6.07) is 0. The van der Waals surface area contributed by atoms with Crippen molar-refractivity contribution >= 4 is 0 Å². The largest absolute Gasteiger partial charge is 0.390 e. The van der Waals surface area contributed by atoms with Gasteiger partial charge in [-0.3, -0.25) is 0 Å². The minimum absolute atomic E-state index is 0.452. The third-order valence-electron chi connectivity index (χ3n) is 3.17. The Morgan fingerprint density at radius 2 is 0.800 bits per heavy atom. The number of aliphatic hydroxyl groups is 2. The molecule has 4 nitrogen and oxygen atoms in total. The summed E-state index contributed by atoms with van der Waals surface area (Å²) < 4.78 is 0. The second-order valence-electron chi connectivity index (χ2n) is 8.31. The Bertz CT molecular complexity index is 252. The monoisotopic (exact) mass is 290 g/mol. The van der Waals surface area contributed by atoms with Crippen LogP contribution in [0.4, 0.5) is 0 Å². The second-order valence-corrected chi connectivity index (χ2v) is 8.31. The van der Waals surface area contributed by atoms with Gasteiger partial charge in [0.2, 0.25) is 0 Å². The van der Waals surface area contributed by atoms with Crippen molar-refractivity contribution in [1.29, 1.82) is 0 Å². The molecule has 0 unspecified atom stereocenters. The van der Waals surface area contributed by atoms with Crippen molar-refractivity contribution in [3.63, 3.8) is 0 Å². The van der Waals surface area contributed by atoms with Crippen LogP contribution in [0.1, 0.15) is 81.1 Å². The van der Waals surface area contributed by atoms with Gasteiger partial charge in [-0.25, -0.2) is 9.78 Å².